The largest absolute Gasteiger partial charge is 0.462 e. The fourth-order valence-electron chi connectivity index (χ4n) is 2.31. The van der Waals surface area contributed by atoms with Gasteiger partial charge in [-0.05, 0) is 49.4 Å². The van der Waals surface area contributed by atoms with E-state index < -0.39 is 21.7 Å². The van der Waals surface area contributed by atoms with E-state index in [0.717, 1.165) is 23.1 Å². The highest BCUT2D eigenvalue weighted by Crippen LogP contribution is 2.40. The summed E-state index contributed by atoms with van der Waals surface area (Å²) < 4.78 is 29.1. The third kappa shape index (κ3) is 4.73. The molecule has 0 fully saturated rings. The summed E-state index contributed by atoms with van der Waals surface area (Å²) >= 11 is 1.85. The van der Waals surface area contributed by atoms with Crippen LogP contribution >= 0.6 is 23.1 Å². The number of thioether (sulfide) groups is 1. The van der Waals surface area contributed by atoms with Crippen LogP contribution < -0.4 is 5.32 Å². The molecule has 0 unspecified atom stereocenters. The minimum atomic E-state index is -3.45. The lowest BCUT2D eigenvalue weighted by Gasteiger charge is -2.07. The number of nitrogens with zero attached hydrogens (tertiary/aromatic N) is 1. The summed E-state index contributed by atoms with van der Waals surface area (Å²) in [5.74, 6) is -1.14. The summed E-state index contributed by atoms with van der Waals surface area (Å²) in [6.07, 6.45) is 0. The predicted molar refractivity (Wildman–Crippen MR) is 109 cm³/mol. The normalized spacial score (nSPS) is 10.9. The van der Waals surface area contributed by atoms with E-state index in [1.807, 2.05) is 5.40 Å². The molecular formula is C18H18N2O5S3. The SMILES string of the molecule is CCOC(=O)c1sc(NC(=O)c2cccc(S(=O)(=O)CC)c2)c(SC#N)c1C. The molecule has 7 nitrogen and oxygen atoms in total. The first-order chi connectivity index (χ1) is 13.2. The van der Waals surface area contributed by atoms with Gasteiger partial charge in [0.1, 0.15) is 15.3 Å². The Bertz CT molecular complexity index is 1050. The van der Waals surface area contributed by atoms with E-state index in [4.69, 9.17) is 10.00 Å². The zero-order valence-corrected chi connectivity index (χ0v) is 17.9. The van der Waals surface area contributed by atoms with Crippen LogP contribution in [0.15, 0.2) is 34.1 Å². The molecule has 1 aromatic carbocycles. The molecule has 10 heteroatoms. The topological polar surface area (TPSA) is 113 Å². The molecule has 1 N–H and O–H groups in total. The van der Waals surface area contributed by atoms with Crippen LogP contribution in [0.5, 0.6) is 0 Å². The Morgan fingerprint density at radius 3 is 2.64 bits per heavy atom. The number of nitrogens with one attached hydrogen (secondary N) is 1. The molecule has 2 rings (SSSR count). The molecule has 1 amide bonds. The molecule has 0 bridgehead atoms. The van der Waals surface area contributed by atoms with Gasteiger partial charge in [-0.25, -0.2) is 13.2 Å². The maximum absolute atomic E-state index is 12.6. The Morgan fingerprint density at radius 2 is 2.04 bits per heavy atom. The molecular weight excluding hydrogens is 420 g/mol. The second-order valence-electron chi connectivity index (χ2n) is 5.51. The van der Waals surface area contributed by atoms with Crippen molar-refractivity contribution in [3.63, 3.8) is 0 Å². The van der Waals surface area contributed by atoms with Crippen molar-refractivity contribution in [2.75, 3.05) is 17.7 Å². The Morgan fingerprint density at radius 1 is 1.32 bits per heavy atom. The lowest BCUT2D eigenvalue weighted by Crippen LogP contribution is -2.13. The number of thiophene rings is 1. The number of carbonyl (C=O) groups excluding carboxylic acids is 2. The Kier molecular flexibility index (Phi) is 7.23. The van der Waals surface area contributed by atoms with Gasteiger partial charge < -0.3 is 10.1 Å². The predicted octanol–water partition coefficient (Wildman–Crippen LogP) is 3.85. The van der Waals surface area contributed by atoms with Gasteiger partial charge >= 0.3 is 5.97 Å². The summed E-state index contributed by atoms with van der Waals surface area (Å²) in [5, 5.41) is 14.0. The number of ether oxygens (including phenoxy) is 1. The van der Waals surface area contributed by atoms with E-state index >= 15 is 0 Å². The van der Waals surface area contributed by atoms with E-state index in [0.29, 0.717) is 20.3 Å². The highest BCUT2D eigenvalue weighted by Gasteiger charge is 2.23. The molecule has 1 heterocycles. The molecule has 28 heavy (non-hydrogen) atoms. The molecule has 0 spiro atoms. The van der Waals surface area contributed by atoms with Gasteiger partial charge in [0.05, 0.1) is 22.2 Å². The number of carbonyl (C=O) groups is 2. The third-order valence-corrected chi connectivity index (χ3v) is 7.62. The first-order valence-corrected chi connectivity index (χ1v) is 11.5. The number of esters is 1. The quantitative estimate of drug-likeness (QED) is 0.397. The molecule has 1 aromatic heterocycles. The van der Waals surface area contributed by atoms with Crippen LogP contribution in [0.4, 0.5) is 5.00 Å². The molecule has 148 valence electrons. The zero-order valence-electron chi connectivity index (χ0n) is 15.4. The van der Waals surface area contributed by atoms with Crippen LogP contribution in [-0.4, -0.2) is 32.7 Å². The van der Waals surface area contributed by atoms with Crippen LogP contribution in [-0.2, 0) is 14.6 Å². The minimum absolute atomic E-state index is 0.0591. The molecule has 2 aromatic rings. The second kappa shape index (κ2) is 9.23. The average molecular weight is 439 g/mol. The molecule has 0 saturated carbocycles. The van der Waals surface area contributed by atoms with Crippen molar-refractivity contribution in [1.82, 2.24) is 0 Å². The monoisotopic (exact) mass is 438 g/mol. The van der Waals surface area contributed by atoms with Crippen LogP contribution in [0.1, 0.15) is 39.4 Å². The number of amides is 1. The van der Waals surface area contributed by atoms with Crippen molar-refractivity contribution >= 4 is 49.8 Å². The van der Waals surface area contributed by atoms with Gasteiger partial charge in [0.15, 0.2) is 9.84 Å². The standard InChI is InChI=1S/C18H18N2O5S3/c1-4-25-18(22)15-11(3)14(26-10-19)17(27-15)20-16(21)12-7-6-8-13(9-12)28(23,24)5-2/h6-9H,4-5H2,1-3H3,(H,20,21). The number of sulfone groups is 1. The van der Waals surface area contributed by atoms with Gasteiger partial charge in [-0.2, -0.15) is 5.26 Å². The lowest BCUT2D eigenvalue weighted by molar-refractivity contribution is 0.0531. The lowest BCUT2D eigenvalue weighted by atomic mass is 10.2. The third-order valence-electron chi connectivity index (χ3n) is 3.76. The molecule has 0 aliphatic carbocycles. The van der Waals surface area contributed by atoms with Gasteiger partial charge in [-0.15, -0.1) is 11.3 Å². The van der Waals surface area contributed by atoms with Crippen molar-refractivity contribution in [1.29, 1.82) is 5.26 Å². The summed E-state index contributed by atoms with van der Waals surface area (Å²) in [5.41, 5.74) is 0.707. The van der Waals surface area contributed by atoms with E-state index in [9.17, 15) is 18.0 Å². The smallest absolute Gasteiger partial charge is 0.348 e. The molecule has 0 radical (unpaired) electrons. The number of rotatable bonds is 7. The van der Waals surface area contributed by atoms with Crippen LogP contribution in [0.2, 0.25) is 0 Å². The maximum atomic E-state index is 12.6. The molecule has 0 aliphatic rings. The average Bonchev–Trinajstić information content (AvgIpc) is 2.98. The van der Waals surface area contributed by atoms with E-state index in [2.05, 4.69) is 5.32 Å². The van der Waals surface area contributed by atoms with Crippen molar-refractivity contribution in [3.05, 3.63) is 40.3 Å². The Balaban J connectivity index is 2.39. The van der Waals surface area contributed by atoms with Gasteiger partial charge in [-0.3, -0.25) is 4.79 Å². The van der Waals surface area contributed by atoms with Crippen molar-refractivity contribution in [2.45, 2.75) is 30.6 Å². The fraction of sp³-hybridized carbons (Fsp3) is 0.278. The van der Waals surface area contributed by atoms with E-state index in [1.165, 1.54) is 31.2 Å². The van der Waals surface area contributed by atoms with Gasteiger partial charge in [0, 0.05) is 5.56 Å². The van der Waals surface area contributed by atoms with Crippen LogP contribution in [0.3, 0.4) is 0 Å². The highest BCUT2D eigenvalue weighted by molar-refractivity contribution is 8.04. The number of thiocyanates is 1. The fourth-order valence-corrected chi connectivity index (χ4v) is 5.03. The molecule has 0 atom stereocenters. The minimum Gasteiger partial charge on any atom is -0.462 e. The number of anilines is 1. The van der Waals surface area contributed by atoms with Crippen LogP contribution in [0.25, 0.3) is 0 Å². The van der Waals surface area contributed by atoms with Gasteiger partial charge in [0.2, 0.25) is 0 Å². The van der Waals surface area contributed by atoms with Crippen molar-refractivity contribution in [3.8, 4) is 5.40 Å². The molecule has 0 saturated heterocycles. The summed E-state index contributed by atoms with van der Waals surface area (Å²) in [6.45, 7) is 5.09. The summed E-state index contributed by atoms with van der Waals surface area (Å²) in [6, 6.07) is 5.72. The first-order valence-electron chi connectivity index (χ1n) is 8.25. The maximum Gasteiger partial charge on any atom is 0.348 e. The zero-order chi connectivity index (χ0) is 20.9. The van der Waals surface area contributed by atoms with Crippen molar-refractivity contribution < 1.29 is 22.7 Å². The highest BCUT2D eigenvalue weighted by atomic mass is 32.2. The Hall–Kier alpha value is -2.35. The number of nitriles is 1. The summed E-state index contributed by atoms with van der Waals surface area (Å²) in [4.78, 5) is 25.6. The molecule has 0 aliphatic heterocycles. The van der Waals surface area contributed by atoms with Crippen molar-refractivity contribution in [2.24, 2.45) is 0 Å². The number of benzene rings is 1. The first kappa shape index (κ1) is 21.9. The van der Waals surface area contributed by atoms with E-state index in [1.54, 1.807) is 13.8 Å². The van der Waals surface area contributed by atoms with E-state index in [-0.39, 0.29) is 22.8 Å². The van der Waals surface area contributed by atoms with Gasteiger partial charge in [-0.1, -0.05) is 13.0 Å². The van der Waals surface area contributed by atoms with Crippen LogP contribution in [0, 0.1) is 17.6 Å². The Labute approximate surface area is 171 Å². The number of hydrogen-bond acceptors (Lipinski definition) is 8. The number of hydrogen-bond donors (Lipinski definition) is 1. The van der Waals surface area contributed by atoms with Gasteiger partial charge in [0.25, 0.3) is 5.91 Å². The second-order valence-corrected chi connectivity index (χ2v) is 9.61. The summed E-state index contributed by atoms with van der Waals surface area (Å²) in [7, 11) is -3.45.